The van der Waals surface area contributed by atoms with Gasteiger partial charge in [-0.1, -0.05) is 12.1 Å². The van der Waals surface area contributed by atoms with Gasteiger partial charge in [0.05, 0.1) is 13.1 Å². The second kappa shape index (κ2) is 11.4. The van der Waals surface area contributed by atoms with Crippen molar-refractivity contribution in [3.8, 4) is 5.75 Å². The van der Waals surface area contributed by atoms with Gasteiger partial charge >= 0.3 is 0 Å². The molecule has 1 atom stereocenters. The summed E-state index contributed by atoms with van der Waals surface area (Å²) in [5.74, 6) is 2.53. The van der Waals surface area contributed by atoms with Crippen molar-refractivity contribution in [1.82, 2.24) is 16.0 Å². The van der Waals surface area contributed by atoms with Crippen molar-refractivity contribution >= 4 is 11.9 Å². The fraction of sp³-hybridized carbons (Fsp3) is 0.478. The Kier molecular flexibility index (Phi) is 8.93. The van der Waals surface area contributed by atoms with E-state index in [2.05, 4.69) is 20.9 Å². The van der Waals surface area contributed by atoms with Crippen LogP contribution in [0.5, 0.6) is 5.75 Å². The molecule has 170 valence electrons. The SMILES string of the molecule is CCNC(=O)COc1cccc(CN=C(NCC)NCC(C)(O)c2cc(C)oc2C)c1. The molecule has 1 amide bonds. The summed E-state index contributed by atoms with van der Waals surface area (Å²) in [6.45, 7) is 11.2. The number of likely N-dealkylation sites (N-methyl/N-ethyl adjacent to an activating group) is 1. The monoisotopic (exact) mass is 430 g/mol. The average molecular weight is 431 g/mol. The molecule has 0 fully saturated rings. The van der Waals surface area contributed by atoms with Gasteiger partial charge in [-0.25, -0.2) is 4.99 Å². The third kappa shape index (κ3) is 7.64. The molecule has 2 rings (SSSR count). The fourth-order valence-electron chi connectivity index (χ4n) is 3.16. The quantitative estimate of drug-likeness (QED) is 0.340. The molecule has 0 aliphatic rings. The Morgan fingerprint density at radius 2 is 1.90 bits per heavy atom. The molecule has 8 heteroatoms. The van der Waals surface area contributed by atoms with Gasteiger partial charge in [0, 0.05) is 18.7 Å². The molecule has 0 aliphatic heterocycles. The van der Waals surface area contributed by atoms with Crippen molar-refractivity contribution in [2.24, 2.45) is 4.99 Å². The minimum absolute atomic E-state index is 0.0211. The molecular weight excluding hydrogens is 396 g/mol. The van der Waals surface area contributed by atoms with Crippen LogP contribution in [0, 0.1) is 13.8 Å². The zero-order valence-electron chi connectivity index (χ0n) is 19.0. The number of aliphatic imine (C=N–C) groups is 1. The Morgan fingerprint density at radius 1 is 1.16 bits per heavy atom. The van der Waals surface area contributed by atoms with Gasteiger partial charge in [0.1, 0.15) is 22.9 Å². The largest absolute Gasteiger partial charge is 0.484 e. The number of hydrogen-bond donors (Lipinski definition) is 4. The summed E-state index contributed by atoms with van der Waals surface area (Å²) < 4.78 is 11.1. The summed E-state index contributed by atoms with van der Waals surface area (Å²) in [5.41, 5.74) is 0.592. The standard InChI is InChI=1S/C23H34N4O4/c1-6-24-21(28)14-30-19-10-8-9-18(12-19)13-26-22(25-7-2)27-15-23(5,29)20-11-16(3)31-17(20)4/h8-12,29H,6-7,13-15H2,1-5H3,(H,24,28)(H2,25,26,27). The fourth-order valence-corrected chi connectivity index (χ4v) is 3.16. The Balaban J connectivity index is 2.00. The normalized spacial score (nSPS) is 13.4. The van der Waals surface area contributed by atoms with Crippen LogP contribution in [0.25, 0.3) is 0 Å². The second-order valence-corrected chi connectivity index (χ2v) is 7.54. The zero-order chi connectivity index (χ0) is 22.9. The van der Waals surface area contributed by atoms with Crippen molar-refractivity contribution in [3.05, 3.63) is 53.0 Å². The molecule has 4 N–H and O–H groups in total. The number of ether oxygens (including phenoxy) is 1. The lowest BCUT2D eigenvalue weighted by molar-refractivity contribution is -0.122. The van der Waals surface area contributed by atoms with E-state index >= 15 is 0 Å². The van der Waals surface area contributed by atoms with E-state index in [0.29, 0.717) is 37.1 Å². The predicted octanol–water partition coefficient (Wildman–Crippen LogP) is 2.37. The van der Waals surface area contributed by atoms with Gasteiger partial charge in [0.15, 0.2) is 12.6 Å². The van der Waals surface area contributed by atoms with Crippen molar-refractivity contribution in [1.29, 1.82) is 0 Å². The topological polar surface area (TPSA) is 108 Å². The number of aryl methyl sites for hydroxylation is 2. The summed E-state index contributed by atoms with van der Waals surface area (Å²) in [6.07, 6.45) is 0. The van der Waals surface area contributed by atoms with E-state index in [1.807, 2.05) is 58.0 Å². The number of guanidine groups is 1. The van der Waals surface area contributed by atoms with E-state index in [1.165, 1.54) is 0 Å². The van der Waals surface area contributed by atoms with Gasteiger partial charge in [-0.3, -0.25) is 4.79 Å². The summed E-state index contributed by atoms with van der Waals surface area (Å²) in [6, 6.07) is 9.34. The number of carbonyl (C=O) groups excluding carboxylic acids is 1. The number of nitrogens with one attached hydrogen (secondary N) is 3. The average Bonchev–Trinajstić information content (AvgIpc) is 3.08. The zero-order valence-corrected chi connectivity index (χ0v) is 19.0. The van der Waals surface area contributed by atoms with E-state index in [0.717, 1.165) is 16.9 Å². The lowest BCUT2D eigenvalue weighted by Gasteiger charge is -2.24. The van der Waals surface area contributed by atoms with Gasteiger partial charge in [0.2, 0.25) is 0 Å². The van der Waals surface area contributed by atoms with Crippen LogP contribution in [0.4, 0.5) is 0 Å². The number of nitrogens with zero attached hydrogens (tertiary/aromatic N) is 1. The molecule has 0 saturated heterocycles. The molecule has 8 nitrogen and oxygen atoms in total. The molecule has 1 aromatic carbocycles. The van der Waals surface area contributed by atoms with Crippen LogP contribution in [0.15, 0.2) is 39.7 Å². The smallest absolute Gasteiger partial charge is 0.257 e. The number of aliphatic hydroxyl groups is 1. The molecule has 1 aromatic heterocycles. The van der Waals surface area contributed by atoms with Crippen molar-refractivity contribution in [2.45, 2.75) is 46.8 Å². The van der Waals surface area contributed by atoms with Gasteiger partial charge in [-0.05, 0) is 58.4 Å². The first-order chi connectivity index (χ1) is 14.7. The highest BCUT2D eigenvalue weighted by Gasteiger charge is 2.27. The van der Waals surface area contributed by atoms with Gasteiger partial charge in [0.25, 0.3) is 5.91 Å². The summed E-state index contributed by atoms with van der Waals surface area (Å²) in [7, 11) is 0. The minimum atomic E-state index is -1.11. The van der Waals surface area contributed by atoms with Crippen LogP contribution in [-0.4, -0.2) is 43.2 Å². The van der Waals surface area contributed by atoms with Crippen LogP contribution in [0.3, 0.4) is 0 Å². The third-order valence-corrected chi connectivity index (χ3v) is 4.63. The number of amides is 1. The van der Waals surface area contributed by atoms with E-state index in [1.54, 1.807) is 6.92 Å². The highest BCUT2D eigenvalue weighted by molar-refractivity contribution is 5.80. The molecule has 0 saturated carbocycles. The lowest BCUT2D eigenvalue weighted by Crippen LogP contribution is -2.44. The van der Waals surface area contributed by atoms with Gasteiger partial charge in [-0.15, -0.1) is 0 Å². The minimum Gasteiger partial charge on any atom is -0.484 e. The number of rotatable bonds is 10. The maximum absolute atomic E-state index is 11.6. The van der Waals surface area contributed by atoms with Crippen LogP contribution in [0.1, 0.15) is 43.4 Å². The van der Waals surface area contributed by atoms with Crippen LogP contribution in [-0.2, 0) is 16.9 Å². The highest BCUT2D eigenvalue weighted by Crippen LogP contribution is 2.26. The molecule has 0 radical (unpaired) electrons. The van der Waals surface area contributed by atoms with Gasteiger partial charge < -0.3 is 30.2 Å². The molecule has 0 aliphatic carbocycles. The van der Waals surface area contributed by atoms with E-state index in [9.17, 15) is 9.90 Å². The van der Waals surface area contributed by atoms with E-state index in [4.69, 9.17) is 9.15 Å². The maximum atomic E-state index is 11.6. The lowest BCUT2D eigenvalue weighted by atomic mass is 9.96. The Hall–Kier alpha value is -3.00. The molecule has 0 bridgehead atoms. The highest BCUT2D eigenvalue weighted by atomic mass is 16.5. The Morgan fingerprint density at radius 3 is 2.55 bits per heavy atom. The summed E-state index contributed by atoms with van der Waals surface area (Å²) in [5, 5.41) is 20.0. The number of hydrogen-bond acceptors (Lipinski definition) is 5. The van der Waals surface area contributed by atoms with Crippen molar-refractivity contribution in [3.63, 3.8) is 0 Å². The van der Waals surface area contributed by atoms with E-state index in [-0.39, 0.29) is 19.1 Å². The molecule has 1 unspecified atom stereocenters. The van der Waals surface area contributed by atoms with E-state index < -0.39 is 5.60 Å². The van der Waals surface area contributed by atoms with Crippen molar-refractivity contribution in [2.75, 3.05) is 26.2 Å². The number of carbonyl (C=O) groups is 1. The molecule has 1 heterocycles. The van der Waals surface area contributed by atoms with Crippen molar-refractivity contribution < 1.29 is 19.1 Å². The van der Waals surface area contributed by atoms with Crippen LogP contribution < -0.4 is 20.7 Å². The molecular formula is C23H34N4O4. The molecule has 2 aromatic rings. The molecule has 0 spiro atoms. The van der Waals surface area contributed by atoms with Crippen LogP contribution in [0.2, 0.25) is 0 Å². The first-order valence-corrected chi connectivity index (χ1v) is 10.6. The Labute approximate surface area is 184 Å². The second-order valence-electron chi connectivity index (χ2n) is 7.54. The molecule has 31 heavy (non-hydrogen) atoms. The number of furan rings is 1. The van der Waals surface area contributed by atoms with Gasteiger partial charge in [-0.2, -0.15) is 0 Å². The maximum Gasteiger partial charge on any atom is 0.257 e. The predicted molar refractivity (Wildman–Crippen MR) is 121 cm³/mol. The summed E-state index contributed by atoms with van der Waals surface area (Å²) in [4.78, 5) is 16.2. The van der Waals surface area contributed by atoms with Crippen LogP contribution >= 0.6 is 0 Å². The first kappa shape index (κ1) is 24.3. The first-order valence-electron chi connectivity index (χ1n) is 10.6. The third-order valence-electron chi connectivity index (χ3n) is 4.63. The number of benzene rings is 1. The summed E-state index contributed by atoms with van der Waals surface area (Å²) >= 11 is 0. The Bertz CT molecular complexity index is 889.